The van der Waals surface area contributed by atoms with Gasteiger partial charge in [0.1, 0.15) is 0 Å². The number of anilines is 2. The topological polar surface area (TPSA) is 150 Å². The molecule has 1 aromatic carbocycles. The summed E-state index contributed by atoms with van der Waals surface area (Å²) in [4.78, 5) is 23.2. The molecule has 0 unspecified atom stereocenters. The number of sulfone groups is 1. The summed E-state index contributed by atoms with van der Waals surface area (Å²) in [7, 11) is -3.53. The van der Waals surface area contributed by atoms with Gasteiger partial charge in [0.05, 0.1) is 29.4 Å². The summed E-state index contributed by atoms with van der Waals surface area (Å²) in [5.41, 5.74) is 16.1. The number of para-hydroxylation sites is 1. The van der Waals surface area contributed by atoms with E-state index < -0.39 is 21.7 Å². The van der Waals surface area contributed by atoms with Gasteiger partial charge in [-0.3, -0.25) is 9.59 Å². The molecule has 0 fully saturated rings. The second kappa shape index (κ2) is 5.78. The molecular formula is C11H16N4O4S. The molecule has 0 bridgehead atoms. The van der Waals surface area contributed by atoms with Gasteiger partial charge in [-0.15, -0.1) is 0 Å². The summed E-state index contributed by atoms with van der Waals surface area (Å²) in [5, 5.41) is 0. The average Bonchev–Trinajstić information content (AvgIpc) is 2.25. The lowest BCUT2D eigenvalue weighted by molar-refractivity contribution is -0.117. The van der Waals surface area contributed by atoms with Crippen LogP contribution in [-0.2, 0) is 19.4 Å². The molecule has 0 atom stereocenters. The minimum Gasteiger partial charge on any atom is -0.396 e. The minimum atomic E-state index is -3.53. The molecule has 2 amide bonds. The average molecular weight is 300 g/mol. The number of hydrogen-bond acceptors (Lipinski definition) is 6. The molecule has 0 aliphatic carbocycles. The van der Waals surface area contributed by atoms with Crippen LogP contribution in [0.5, 0.6) is 0 Å². The minimum absolute atomic E-state index is 0.0579. The fourth-order valence-electron chi connectivity index (χ4n) is 1.73. The fraction of sp³-hybridized carbons (Fsp3) is 0.273. The van der Waals surface area contributed by atoms with Crippen molar-refractivity contribution in [3.8, 4) is 0 Å². The van der Waals surface area contributed by atoms with E-state index in [9.17, 15) is 18.0 Å². The van der Waals surface area contributed by atoms with Gasteiger partial charge in [0.2, 0.25) is 11.8 Å². The van der Waals surface area contributed by atoms with Crippen LogP contribution in [0.1, 0.15) is 0 Å². The van der Waals surface area contributed by atoms with Crippen LogP contribution in [0.3, 0.4) is 0 Å². The lowest BCUT2D eigenvalue weighted by Gasteiger charge is -2.24. The molecule has 20 heavy (non-hydrogen) atoms. The number of nitrogens with two attached hydrogens (primary N) is 3. The highest BCUT2D eigenvalue weighted by molar-refractivity contribution is 7.90. The van der Waals surface area contributed by atoms with E-state index in [-0.39, 0.29) is 29.4 Å². The van der Waals surface area contributed by atoms with E-state index >= 15 is 0 Å². The lowest BCUT2D eigenvalue weighted by Crippen LogP contribution is -2.40. The molecule has 1 rings (SSSR count). The first-order valence-electron chi connectivity index (χ1n) is 5.53. The Morgan fingerprint density at radius 2 is 1.65 bits per heavy atom. The maximum absolute atomic E-state index is 11.6. The Bertz CT molecular complexity index is 626. The van der Waals surface area contributed by atoms with Gasteiger partial charge in [-0.1, -0.05) is 6.07 Å². The number of hydrogen-bond donors (Lipinski definition) is 3. The van der Waals surface area contributed by atoms with E-state index in [0.717, 1.165) is 6.26 Å². The van der Waals surface area contributed by atoms with Crippen molar-refractivity contribution in [3.05, 3.63) is 18.2 Å². The van der Waals surface area contributed by atoms with Crippen LogP contribution in [0.4, 0.5) is 11.4 Å². The fourth-order valence-corrected chi connectivity index (χ4v) is 2.56. The molecular weight excluding hydrogens is 284 g/mol. The third-order valence-corrected chi connectivity index (χ3v) is 3.63. The maximum atomic E-state index is 11.6. The predicted octanol–water partition coefficient (Wildman–Crippen LogP) is -1.55. The quantitative estimate of drug-likeness (QED) is 0.541. The lowest BCUT2D eigenvalue weighted by atomic mass is 10.2. The molecule has 110 valence electrons. The first kappa shape index (κ1) is 15.8. The first-order valence-corrected chi connectivity index (χ1v) is 7.42. The highest BCUT2D eigenvalue weighted by atomic mass is 32.2. The zero-order chi connectivity index (χ0) is 15.5. The predicted molar refractivity (Wildman–Crippen MR) is 74.6 cm³/mol. The Morgan fingerprint density at radius 3 is 2.05 bits per heavy atom. The van der Waals surface area contributed by atoms with Crippen LogP contribution >= 0.6 is 0 Å². The van der Waals surface area contributed by atoms with Crippen LogP contribution in [0.15, 0.2) is 23.1 Å². The van der Waals surface area contributed by atoms with E-state index in [1.54, 1.807) is 0 Å². The molecule has 0 saturated heterocycles. The molecule has 0 aliphatic heterocycles. The van der Waals surface area contributed by atoms with E-state index in [0.29, 0.717) is 0 Å². The Morgan fingerprint density at radius 1 is 1.15 bits per heavy atom. The van der Waals surface area contributed by atoms with E-state index in [4.69, 9.17) is 17.2 Å². The summed E-state index contributed by atoms with van der Waals surface area (Å²) in [5.74, 6) is -1.40. The molecule has 0 spiro atoms. The van der Waals surface area contributed by atoms with E-state index in [1.165, 1.54) is 23.1 Å². The highest BCUT2D eigenvalue weighted by Crippen LogP contribution is 2.29. The van der Waals surface area contributed by atoms with Crippen molar-refractivity contribution < 1.29 is 18.0 Å². The summed E-state index contributed by atoms with van der Waals surface area (Å²) >= 11 is 0. The zero-order valence-corrected chi connectivity index (χ0v) is 11.7. The highest BCUT2D eigenvalue weighted by Gasteiger charge is 2.20. The molecule has 1 aromatic rings. The second-order valence-electron chi connectivity index (χ2n) is 4.25. The van der Waals surface area contributed by atoms with E-state index in [2.05, 4.69) is 0 Å². The molecule has 8 nitrogen and oxygen atoms in total. The van der Waals surface area contributed by atoms with Gasteiger partial charge in [-0.2, -0.15) is 0 Å². The molecule has 0 aliphatic rings. The van der Waals surface area contributed by atoms with Crippen molar-refractivity contribution in [2.24, 2.45) is 11.5 Å². The standard InChI is InChI=1S/C11H16N4O4S/c1-20(18,19)8-4-2-3-7(11(8)14)15(5-9(12)16)6-10(13)17/h2-4H,5-6,14H2,1H3,(H2,12,16)(H2,13,17). The third kappa shape index (κ3) is 3.85. The molecule has 0 saturated carbocycles. The number of carbonyl (C=O) groups excluding carboxylic acids is 2. The molecule has 9 heteroatoms. The zero-order valence-electron chi connectivity index (χ0n) is 10.9. The number of amides is 2. The molecule has 0 heterocycles. The number of nitrogen functional groups attached to an aromatic ring is 1. The van der Waals surface area contributed by atoms with Crippen molar-refractivity contribution >= 4 is 33.0 Å². The monoisotopic (exact) mass is 300 g/mol. The van der Waals surface area contributed by atoms with E-state index in [1.807, 2.05) is 0 Å². The van der Waals surface area contributed by atoms with Crippen molar-refractivity contribution in [2.45, 2.75) is 4.90 Å². The van der Waals surface area contributed by atoms with Gasteiger partial charge < -0.3 is 22.1 Å². The molecule has 0 radical (unpaired) electrons. The van der Waals surface area contributed by atoms with Crippen LogP contribution in [0, 0.1) is 0 Å². The number of rotatable bonds is 6. The van der Waals surface area contributed by atoms with Crippen molar-refractivity contribution in [1.82, 2.24) is 0 Å². The summed E-state index contributed by atoms with van der Waals surface area (Å²) in [6.07, 6.45) is 1.01. The first-order chi connectivity index (χ1) is 9.12. The van der Waals surface area contributed by atoms with Gasteiger partial charge >= 0.3 is 0 Å². The van der Waals surface area contributed by atoms with Crippen molar-refractivity contribution in [2.75, 3.05) is 30.0 Å². The Kier molecular flexibility index (Phi) is 4.56. The van der Waals surface area contributed by atoms with Crippen LogP contribution in [0.25, 0.3) is 0 Å². The van der Waals surface area contributed by atoms with Gasteiger partial charge in [0.15, 0.2) is 9.84 Å². The van der Waals surface area contributed by atoms with Gasteiger partial charge in [0, 0.05) is 6.26 Å². The van der Waals surface area contributed by atoms with Gasteiger partial charge in [0.25, 0.3) is 0 Å². The number of primary amides is 2. The Labute approximate surface area is 116 Å². The largest absolute Gasteiger partial charge is 0.396 e. The SMILES string of the molecule is CS(=O)(=O)c1cccc(N(CC(N)=O)CC(N)=O)c1N. The normalized spacial score (nSPS) is 11.1. The third-order valence-electron chi connectivity index (χ3n) is 2.48. The van der Waals surface area contributed by atoms with Gasteiger partial charge in [-0.25, -0.2) is 8.42 Å². The van der Waals surface area contributed by atoms with Crippen molar-refractivity contribution in [1.29, 1.82) is 0 Å². The van der Waals surface area contributed by atoms with Crippen molar-refractivity contribution in [3.63, 3.8) is 0 Å². The van der Waals surface area contributed by atoms with Crippen LogP contribution < -0.4 is 22.1 Å². The van der Waals surface area contributed by atoms with Gasteiger partial charge in [-0.05, 0) is 12.1 Å². The summed E-state index contributed by atoms with van der Waals surface area (Å²) < 4.78 is 23.2. The van der Waals surface area contributed by atoms with Crippen LogP contribution in [0.2, 0.25) is 0 Å². The Balaban J connectivity index is 3.33. The summed E-state index contributed by atoms with van der Waals surface area (Å²) in [6, 6.07) is 4.27. The number of nitrogens with zero attached hydrogens (tertiary/aromatic N) is 1. The number of carbonyl (C=O) groups is 2. The molecule has 6 N–H and O–H groups in total. The smallest absolute Gasteiger partial charge is 0.236 e. The second-order valence-corrected chi connectivity index (χ2v) is 6.23. The molecule has 0 aromatic heterocycles. The van der Waals surface area contributed by atoms with Crippen LogP contribution in [-0.4, -0.2) is 39.6 Å². The Hall–Kier alpha value is -2.29. The number of benzene rings is 1. The maximum Gasteiger partial charge on any atom is 0.236 e. The summed E-state index contributed by atoms with van der Waals surface area (Å²) in [6.45, 7) is -0.610.